The molecule has 1 aromatic rings. The Hall–Kier alpha value is -0.830. The van der Waals surface area contributed by atoms with E-state index in [-0.39, 0.29) is 6.04 Å². The fourth-order valence-corrected chi connectivity index (χ4v) is 2.31. The van der Waals surface area contributed by atoms with E-state index in [1.807, 2.05) is 0 Å². The summed E-state index contributed by atoms with van der Waals surface area (Å²) in [6.45, 7) is 4.27. The zero-order chi connectivity index (χ0) is 10.8. The van der Waals surface area contributed by atoms with E-state index in [1.165, 1.54) is 31.4 Å². The summed E-state index contributed by atoms with van der Waals surface area (Å²) in [4.78, 5) is 0. The molecule has 0 aromatic carbocycles. The van der Waals surface area contributed by atoms with E-state index in [0.29, 0.717) is 11.8 Å². The first-order chi connectivity index (χ1) is 7.18. The first-order valence-electron chi connectivity index (χ1n) is 5.99. The smallest absolute Gasteiger partial charge is 0.0794 e. The topological polar surface area (TPSA) is 54.7 Å². The molecule has 0 bridgehead atoms. The molecule has 2 rings (SSSR count). The van der Waals surface area contributed by atoms with E-state index in [4.69, 9.17) is 5.73 Å². The SMILES string of the molecule is CC(C)C(N)c1cc(C2CCCC2)[nH]n1. The van der Waals surface area contributed by atoms with Crippen LogP contribution >= 0.6 is 0 Å². The summed E-state index contributed by atoms with van der Waals surface area (Å²) < 4.78 is 0. The maximum absolute atomic E-state index is 6.07. The second kappa shape index (κ2) is 4.35. The number of hydrogen-bond acceptors (Lipinski definition) is 2. The molecule has 0 saturated heterocycles. The number of H-pyrrole nitrogens is 1. The average Bonchev–Trinajstić information content (AvgIpc) is 2.86. The lowest BCUT2D eigenvalue weighted by atomic mass is 9.99. The van der Waals surface area contributed by atoms with Crippen LogP contribution in [-0.2, 0) is 0 Å². The van der Waals surface area contributed by atoms with Gasteiger partial charge in [0.25, 0.3) is 0 Å². The Balaban J connectivity index is 2.09. The van der Waals surface area contributed by atoms with Crippen molar-refractivity contribution in [3.63, 3.8) is 0 Å². The van der Waals surface area contributed by atoms with Crippen molar-refractivity contribution in [2.45, 2.75) is 51.5 Å². The molecule has 1 unspecified atom stereocenters. The van der Waals surface area contributed by atoms with Crippen molar-refractivity contribution in [1.29, 1.82) is 0 Å². The van der Waals surface area contributed by atoms with Crippen molar-refractivity contribution in [3.05, 3.63) is 17.5 Å². The summed E-state index contributed by atoms with van der Waals surface area (Å²) in [5.74, 6) is 1.15. The monoisotopic (exact) mass is 207 g/mol. The first-order valence-corrected chi connectivity index (χ1v) is 5.99. The Bertz CT molecular complexity index is 294. The van der Waals surface area contributed by atoms with Crippen LogP contribution in [0.3, 0.4) is 0 Å². The van der Waals surface area contributed by atoms with Gasteiger partial charge >= 0.3 is 0 Å². The standard InChI is InChI=1S/C12H21N3/c1-8(2)12(13)11-7-10(14-15-11)9-5-3-4-6-9/h7-9,12H,3-6,13H2,1-2H3,(H,14,15). The molecule has 1 aromatic heterocycles. The summed E-state index contributed by atoms with van der Waals surface area (Å²) in [6, 6.07) is 2.23. The second-order valence-corrected chi connectivity index (χ2v) is 5.00. The van der Waals surface area contributed by atoms with E-state index in [9.17, 15) is 0 Å². The Morgan fingerprint density at radius 3 is 2.67 bits per heavy atom. The van der Waals surface area contributed by atoms with Crippen LogP contribution in [0.25, 0.3) is 0 Å². The van der Waals surface area contributed by atoms with Gasteiger partial charge < -0.3 is 5.73 Å². The van der Waals surface area contributed by atoms with E-state index in [1.54, 1.807) is 0 Å². The number of aromatic nitrogens is 2. The lowest BCUT2D eigenvalue weighted by molar-refractivity contribution is 0.502. The number of rotatable bonds is 3. The van der Waals surface area contributed by atoms with Crippen LogP contribution in [0.4, 0.5) is 0 Å². The highest BCUT2D eigenvalue weighted by Crippen LogP contribution is 2.33. The van der Waals surface area contributed by atoms with Crippen LogP contribution in [-0.4, -0.2) is 10.2 Å². The van der Waals surface area contributed by atoms with Crippen molar-refractivity contribution >= 4 is 0 Å². The molecule has 15 heavy (non-hydrogen) atoms. The minimum absolute atomic E-state index is 0.0661. The molecule has 3 N–H and O–H groups in total. The minimum atomic E-state index is 0.0661. The number of hydrogen-bond donors (Lipinski definition) is 2. The molecule has 0 amide bonds. The fourth-order valence-electron chi connectivity index (χ4n) is 2.31. The molecular weight excluding hydrogens is 186 g/mol. The van der Waals surface area contributed by atoms with E-state index < -0.39 is 0 Å². The molecule has 84 valence electrons. The maximum atomic E-state index is 6.07. The Morgan fingerprint density at radius 2 is 2.07 bits per heavy atom. The van der Waals surface area contributed by atoms with Gasteiger partial charge in [-0.25, -0.2) is 0 Å². The van der Waals surface area contributed by atoms with Crippen LogP contribution in [0.1, 0.15) is 62.9 Å². The van der Waals surface area contributed by atoms with Gasteiger partial charge in [-0.1, -0.05) is 26.7 Å². The molecule has 1 fully saturated rings. The predicted molar refractivity (Wildman–Crippen MR) is 61.6 cm³/mol. The van der Waals surface area contributed by atoms with Gasteiger partial charge in [0.2, 0.25) is 0 Å². The summed E-state index contributed by atoms with van der Waals surface area (Å²) in [5, 5.41) is 7.49. The van der Waals surface area contributed by atoms with Crippen LogP contribution in [0.2, 0.25) is 0 Å². The van der Waals surface area contributed by atoms with Crippen LogP contribution in [0.15, 0.2) is 6.07 Å². The van der Waals surface area contributed by atoms with Crippen molar-refractivity contribution in [2.75, 3.05) is 0 Å². The molecule has 1 saturated carbocycles. The van der Waals surface area contributed by atoms with Crippen LogP contribution in [0, 0.1) is 5.92 Å². The van der Waals surface area contributed by atoms with Gasteiger partial charge in [-0.15, -0.1) is 0 Å². The lowest BCUT2D eigenvalue weighted by Crippen LogP contribution is -2.16. The molecule has 1 aliphatic carbocycles. The Morgan fingerprint density at radius 1 is 1.40 bits per heavy atom. The van der Waals surface area contributed by atoms with Gasteiger partial charge in [-0.05, 0) is 24.8 Å². The number of aromatic amines is 1. The highest BCUT2D eigenvalue weighted by atomic mass is 15.1. The van der Waals surface area contributed by atoms with E-state index in [0.717, 1.165) is 5.69 Å². The molecule has 0 aliphatic heterocycles. The zero-order valence-corrected chi connectivity index (χ0v) is 9.66. The Labute approximate surface area is 91.4 Å². The normalized spacial score (nSPS) is 20.0. The van der Waals surface area contributed by atoms with Gasteiger partial charge in [0.05, 0.1) is 11.7 Å². The van der Waals surface area contributed by atoms with E-state index in [2.05, 4.69) is 30.1 Å². The van der Waals surface area contributed by atoms with Crippen molar-refractivity contribution in [3.8, 4) is 0 Å². The summed E-state index contributed by atoms with van der Waals surface area (Å²) in [7, 11) is 0. The van der Waals surface area contributed by atoms with Gasteiger partial charge in [0.1, 0.15) is 0 Å². The third-order valence-corrected chi connectivity index (χ3v) is 3.47. The lowest BCUT2D eigenvalue weighted by Gasteiger charge is -2.11. The van der Waals surface area contributed by atoms with Gasteiger partial charge in [-0.2, -0.15) is 5.10 Å². The minimum Gasteiger partial charge on any atom is -0.322 e. The molecule has 0 spiro atoms. The second-order valence-electron chi connectivity index (χ2n) is 5.00. The quantitative estimate of drug-likeness (QED) is 0.800. The first kappa shape index (κ1) is 10.7. The third-order valence-electron chi connectivity index (χ3n) is 3.47. The van der Waals surface area contributed by atoms with Gasteiger partial charge in [-0.3, -0.25) is 5.10 Å². The van der Waals surface area contributed by atoms with Crippen molar-refractivity contribution in [1.82, 2.24) is 10.2 Å². The molecule has 1 aliphatic rings. The largest absolute Gasteiger partial charge is 0.322 e. The number of nitrogens with one attached hydrogen (secondary N) is 1. The van der Waals surface area contributed by atoms with Crippen molar-refractivity contribution < 1.29 is 0 Å². The van der Waals surface area contributed by atoms with Crippen LogP contribution in [0.5, 0.6) is 0 Å². The van der Waals surface area contributed by atoms with Gasteiger partial charge in [0.15, 0.2) is 0 Å². The summed E-state index contributed by atoms with van der Waals surface area (Å²) >= 11 is 0. The molecule has 1 atom stereocenters. The highest BCUT2D eigenvalue weighted by molar-refractivity contribution is 5.17. The van der Waals surface area contributed by atoms with Gasteiger partial charge in [0, 0.05) is 11.6 Å². The molecule has 3 nitrogen and oxygen atoms in total. The third kappa shape index (κ3) is 2.23. The predicted octanol–water partition coefficient (Wildman–Crippen LogP) is 2.72. The highest BCUT2D eigenvalue weighted by Gasteiger charge is 2.21. The molecule has 1 heterocycles. The summed E-state index contributed by atoms with van der Waals surface area (Å²) in [6.07, 6.45) is 5.32. The fraction of sp³-hybridized carbons (Fsp3) is 0.750. The van der Waals surface area contributed by atoms with E-state index >= 15 is 0 Å². The molecule has 0 radical (unpaired) electrons. The zero-order valence-electron chi connectivity index (χ0n) is 9.66. The van der Waals surface area contributed by atoms with Crippen molar-refractivity contribution in [2.24, 2.45) is 11.7 Å². The molecule has 3 heteroatoms. The summed E-state index contributed by atoms with van der Waals surface area (Å²) in [5.41, 5.74) is 8.38. The van der Waals surface area contributed by atoms with Crippen LogP contribution < -0.4 is 5.73 Å². The molecular formula is C12H21N3. The number of nitrogens with two attached hydrogens (primary N) is 1. The number of nitrogens with zero attached hydrogens (tertiary/aromatic N) is 1. The average molecular weight is 207 g/mol. The Kier molecular flexibility index (Phi) is 3.10. The maximum Gasteiger partial charge on any atom is 0.0794 e.